The van der Waals surface area contributed by atoms with Gasteiger partial charge in [0.25, 0.3) is 0 Å². The molecular formula is C36H60OSi. The highest BCUT2D eigenvalue weighted by Gasteiger charge is 2.39. The molecule has 0 fully saturated rings. The van der Waals surface area contributed by atoms with Crippen LogP contribution in [-0.4, -0.2) is 21.3 Å². The van der Waals surface area contributed by atoms with E-state index in [1.807, 2.05) is 0 Å². The van der Waals surface area contributed by atoms with Gasteiger partial charge in [0.1, 0.15) is 8.07 Å². The minimum atomic E-state index is -1.89. The Hall–Kier alpha value is -1.38. The van der Waals surface area contributed by atoms with Gasteiger partial charge in [0, 0.05) is 13.2 Å². The summed E-state index contributed by atoms with van der Waals surface area (Å²) in [4.78, 5) is 0. The lowest BCUT2D eigenvalue weighted by Crippen LogP contribution is -2.60. The lowest BCUT2D eigenvalue weighted by atomic mass is 9.76. The molecule has 2 heteroatoms. The topological polar surface area (TPSA) is 9.23 Å². The maximum absolute atomic E-state index is 6.53. The molecule has 0 bridgehead atoms. The van der Waals surface area contributed by atoms with E-state index in [1.165, 1.54) is 31.7 Å². The smallest absolute Gasteiger partial charge is 0.120 e. The lowest BCUT2D eigenvalue weighted by molar-refractivity contribution is 0.0629. The van der Waals surface area contributed by atoms with E-state index in [-0.39, 0.29) is 0 Å². The second kappa shape index (κ2) is 14.8. The Kier molecular flexibility index (Phi) is 12.8. The summed E-state index contributed by atoms with van der Waals surface area (Å²) in [7, 11) is -1.89. The molecule has 0 N–H and O–H groups in total. The molecule has 0 heterocycles. The zero-order valence-corrected chi connectivity index (χ0v) is 27.6. The van der Waals surface area contributed by atoms with E-state index in [2.05, 4.69) is 130 Å². The van der Waals surface area contributed by atoms with E-state index in [9.17, 15) is 0 Å². The van der Waals surface area contributed by atoms with Crippen molar-refractivity contribution in [2.75, 3.05) is 13.2 Å². The van der Waals surface area contributed by atoms with Gasteiger partial charge in [-0.2, -0.15) is 0 Å². The Labute approximate surface area is 238 Å². The first-order valence-corrected chi connectivity index (χ1v) is 17.7. The highest BCUT2D eigenvalue weighted by atomic mass is 28.3. The van der Waals surface area contributed by atoms with E-state index >= 15 is 0 Å². The second-order valence-electron chi connectivity index (χ2n) is 15.0. The van der Waals surface area contributed by atoms with Gasteiger partial charge in [-0.25, -0.2) is 0 Å². The van der Waals surface area contributed by atoms with Gasteiger partial charge in [0.15, 0.2) is 0 Å². The molecule has 0 aromatic heterocycles. The highest BCUT2D eigenvalue weighted by Crippen LogP contribution is 2.34. The normalized spacial score (nSPS) is 15.4. The fourth-order valence-electron chi connectivity index (χ4n) is 6.88. The van der Waals surface area contributed by atoms with Crippen molar-refractivity contribution in [3.63, 3.8) is 0 Å². The molecule has 2 rings (SSSR count). The molecule has 0 radical (unpaired) electrons. The summed E-state index contributed by atoms with van der Waals surface area (Å²) in [5.74, 6) is 2.11. The summed E-state index contributed by atoms with van der Waals surface area (Å²) in [6.07, 6.45) is 6.29. The molecule has 38 heavy (non-hydrogen) atoms. The molecular weight excluding hydrogens is 476 g/mol. The van der Waals surface area contributed by atoms with Crippen LogP contribution in [0.15, 0.2) is 60.7 Å². The number of benzene rings is 2. The van der Waals surface area contributed by atoms with Crippen LogP contribution in [0, 0.1) is 28.6 Å². The van der Waals surface area contributed by atoms with Gasteiger partial charge in [-0.15, -0.1) is 0 Å². The Bertz CT molecular complexity index is 851. The van der Waals surface area contributed by atoms with Crippen LogP contribution in [0.3, 0.4) is 0 Å². The van der Waals surface area contributed by atoms with Crippen molar-refractivity contribution in [1.82, 2.24) is 0 Å². The summed E-state index contributed by atoms with van der Waals surface area (Å²) >= 11 is 0. The highest BCUT2D eigenvalue weighted by molar-refractivity contribution is 7.03. The third kappa shape index (κ3) is 10.6. The minimum absolute atomic E-state index is 0.364. The summed E-state index contributed by atoms with van der Waals surface area (Å²) in [6, 6.07) is 23.9. The van der Waals surface area contributed by atoms with Crippen molar-refractivity contribution in [3.8, 4) is 0 Å². The summed E-state index contributed by atoms with van der Waals surface area (Å²) < 4.78 is 6.53. The molecule has 0 amide bonds. The summed E-state index contributed by atoms with van der Waals surface area (Å²) in [5.41, 5.74) is 1.41. The SMILES string of the molecule is CC(CCC(COCCC[Si](c1ccccc1)(c1ccccc1)C(C)C)C(C)CC(C)(C)C)CC(C)(C)C. The average molecular weight is 537 g/mol. The van der Waals surface area contributed by atoms with Gasteiger partial charge >= 0.3 is 0 Å². The molecule has 0 aliphatic rings. The average Bonchev–Trinajstić information content (AvgIpc) is 2.82. The first-order chi connectivity index (χ1) is 17.7. The Morgan fingerprint density at radius 3 is 1.63 bits per heavy atom. The predicted octanol–water partition coefficient (Wildman–Crippen LogP) is 9.61. The van der Waals surface area contributed by atoms with Crippen molar-refractivity contribution in [2.45, 2.75) is 113 Å². The molecule has 1 nitrogen and oxygen atoms in total. The van der Waals surface area contributed by atoms with E-state index in [1.54, 1.807) is 10.4 Å². The van der Waals surface area contributed by atoms with Crippen LogP contribution in [0.5, 0.6) is 0 Å². The molecule has 214 valence electrons. The van der Waals surface area contributed by atoms with Gasteiger partial charge in [0.2, 0.25) is 0 Å². The molecule has 0 saturated heterocycles. The van der Waals surface area contributed by atoms with Crippen molar-refractivity contribution >= 4 is 18.4 Å². The van der Waals surface area contributed by atoms with Crippen molar-refractivity contribution < 1.29 is 4.74 Å². The fraction of sp³-hybridized carbons (Fsp3) is 0.667. The molecule has 0 saturated carbocycles. The van der Waals surface area contributed by atoms with Crippen LogP contribution in [0.1, 0.15) is 101 Å². The fourth-order valence-corrected chi connectivity index (χ4v) is 12.0. The van der Waals surface area contributed by atoms with Gasteiger partial charge in [-0.05, 0) is 65.9 Å². The maximum Gasteiger partial charge on any atom is 0.120 e. The molecule has 3 atom stereocenters. The number of ether oxygens (including phenoxy) is 1. The zero-order chi connectivity index (χ0) is 28.4. The maximum atomic E-state index is 6.53. The van der Waals surface area contributed by atoms with E-state index in [0.29, 0.717) is 28.2 Å². The van der Waals surface area contributed by atoms with Crippen LogP contribution >= 0.6 is 0 Å². The third-order valence-corrected chi connectivity index (χ3v) is 14.3. The summed E-state index contributed by atoms with van der Waals surface area (Å²) in [6.45, 7) is 25.8. The van der Waals surface area contributed by atoms with Crippen LogP contribution < -0.4 is 10.4 Å². The number of hydrogen-bond acceptors (Lipinski definition) is 1. The van der Waals surface area contributed by atoms with E-state index in [0.717, 1.165) is 25.6 Å². The first kappa shape index (κ1) is 32.8. The standard InChI is InChI=1S/C36H60OSi/c1-29(2)38(33-18-13-11-14-19-33,34-20-15-12-16-21-34)25-17-24-37-28-32(31(4)27-36(8,9)10)23-22-30(3)26-35(5,6)7/h11-16,18-21,29-32H,17,22-28H2,1-10H3. The molecule has 2 aromatic carbocycles. The third-order valence-electron chi connectivity index (χ3n) is 8.49. The van der Waals surface area contributed by atoms with Crippen molar-refractivity contribution in [2.24, 2.45) is 28.6 Å². The largest absolute Gasteiger partial charge is 0.381 e. The Morgan fingerprint density at radius 2 is 1.18 bits per heavy atom. The van der Waals surface area contributed by atoms with Crippen LogP contribution in [-0.2, 0) is 4.74 Å². The van der Waals surface area contributed by atoms with E-state index < -0.39 is 8.07 Å². The lowest BCUT2D eigenvalue weighted by Gasteiger charge is -2.37. The number of hydrogen-bond donors (Lipinski definition) is 0. The molecule has 3 unspecified atom stereocenters. The molecule has 0 spiro atoms. The Morgan fingerprint density at radius 1 is 0.684 bits per heavy atom. The zero-order valence-electron chi connectivity index (χ0n) is 26.6. The number of rotatable bonds is 15. The van der Waals surface area contributed by atoms with Crippen LogP contribution in [0.4, 0.5) is 0 Å². The summed E-state index contributed by atoms with van der Waals surface area (Å²) in [5, 5.41) is 3.12. The van der Waals surface area contributed by atoms with Gasteiger partial charge < -0.3 is 4.74 Å². The van der Waals surface area contributed by atoms with Crippen LogP contribution in [0.2, 0.25) is 11.6 Å². The van der Waals surface area contributed by atoms with Crippen molar-refractivity contribution in [1.29, 1.82) is 0 Å². The molecule has 2 aromatic rings. The van der Waals surface area contributed by atoms with Gasteiger partial charge in [-0.3, -0.25) is 0 Å². The Balaban J connectivity index is 2.06. The monoisotopic (exact) mass is 536 g/mol. The first-order valence-electron chi connectivity index (χ1n) is 15.4. The van der Waals surface area contributed by atoms with Crippen LogP contribution in [0.25, 0.3) is 0 Å². The second-order valence-corrected chi connectivity index (χ2v) is 19.7. The quantitative estimate of drug-likeness (QED) is 0.163. The van der Waals surface area contributed by atoms with E-state index in [4.69, 9.17) is 4.74 Å². The molecule has 0 aliphatic heterocycles. The molecule has 0 aliphatic carbocycles. The van der Waals surface area contributed by atoms with Gasteiger partial charge in [-0.1, -0.05) is 147 Å². The minimum Gasteiger partial charge on any atom is -0.381 e. The predicted molar refractivity (Wildman–Crippen MR) is 172 cm³/mol. The van der Waals surface area contributed by atoms with Gasteiger partial charge in [0.05, 0.1) is 0 Å². The van der Waals surface area contributed by atoms with Crippen molar-refractivity contribution in [3.05, 3.63) is 60.7 Å².